The lowest BCUT2D eigenvalue weighted by atomic mass is 9.87. The van der Waals surface area contributed by atoms with Crippen LogP contribution in [-0.4, -0.2) is 23.2 Å². The molecule has 0 saturated heterocycles. The van der Waals surface area contributed by atoms with Crippen molar-refractivity contribution in [1.29, 1.82) is 0 Å². The van der Waals surface area contributed by atoms with E-state index in [4.69, 9.17) is 4.98 Å². The van der Waals surface area contributed by atoms with E-state index in [1.807, 2.05) is 0 Å². The van der Waals surface area contributed by atoms with E-state index in [1.54, 1.807) is 11.3 Å². The first-order chi connectivity index (χ1) is 9.32. The van der Waals surface area contributed by atoms with Crippen molar-refractivity contribution in [3.63, 3.8) is 0 Å². The van der Waals surface area contributed by atoms with Crippen molar-refractivity contribution in [2.75, 3.05) is 11.9 Å². The predicted octanol–water partition coefficient (Wildman–Crippen LogP) is 3.95. The average molecular weight is 296 g/mol. The summed E-state index contributed by atoms with van der Waals surface area (Å²) in [6, 6.07) is 0.608. The molecule has 20 heavy (non-hydrogen) atoms. The van der Waals surface area contributed by atoms with Crippen LogP contribution < -0.4 is 4.90 Å². The van der Waals surface area contributed by atoms with Gasteiger partial charge in [0.15, 0.2) is 5.13 Å². The van der Waals surface area contributed by atoms with Gasteiger partial charge in [-0.05, 0) is 31.6 Å². The lowest BCUT2D eigenvalue weighted by Crippen LogP contribution is -2.34. The van der Waals surface area contributed by atoms with Gasteiger partial charge in [-0.15, -0.1) is 0 Å². The minimum absolute atomic E-state index is 0.00523. The van der Waals surface area contributed by atoms with Gasteiger partial charge in [-0.1, -0.05) is 39.0 Å². The van der Waals surface area contributed by atoms with Crippen molar-refractivity contribution in [3.05, 3.63) is 10.6 Å². The second kappa shape index (κ2) is 6.02. The van der Waals surface area contributed by atoms with Gasteiger partial charge in [0.2, 0.25) is 0 Å². The highest BCUT2D eigenvalue weighted by molar-refractivity contribution is 7.15. The molecule has 1 N–H and O–H groups in total. The summed E-state index contributed by atoms with van der Waals surface area (Å²) in [7, 11) is 2.16. The summed E-state index contributed by atoms with van der Waals surface area (Å²) in [5.41, 5.74) is 1.05. The summed E-state index contributed by atoms with van der Waals surface area (Å²) in [4.78, 5) is 8.19. The molecule has 114 valence electrons. The molecule has 4 heteroatoms. The van der Waals surface area contributed by atoms with Crippen molar-refractivity contribution in [3.8, 4) is 0 Å². The number of thiazole rings is 1. The monoisotopic (exact) mass is 296 g/mol. The van der Waals surface area contributed by atoms with Crippen molar-refractivity contribution in [2.24, 2.45) is 5.92 Å². The van der Waals surface area contributed by atoms with E-state index in [-0.39, 0.29) is 12.0 Å². The Morgan fingerprint density at radius 2 is 1.85 bits per heavy atom. The van der Waals surface area contributed by atoms with Gasteiger partial charge in [0.25, 0.3) is 0 Å². The highest BCUT2D eigenvalue weighted by Gasteiger charge is 2.27. The van der Waals surface area contributed by atoms with Crippen LogP contribution in [-0.2, 0) is 12.0 Å². The molecule has 1 aliphatic carbocycles. The summed E-state index contributed by atoms with van der Waals surface area (Å²) < 4.78 is 0. The molecule has 1 aromatic heterocycles. The third kappa shape index (κ3) is 3.34. The van der Waals surface area contributed by atoms with Crippen LogP contribution in [0.25, 0.3) is 0 Å². The van der Waals surface area contributed by atoms with Crippen molar-refractivity contribution < 1.29 is 5.11 Å². The Balaban J connectivity index is 2.18. The molecule has 1 fully saturated rings. The summed E-state index contributed by atoms with van der Waals surface area (Å²) in [5.74, 6) is 0.870. The molecule has 0 unspecified atom stereocenters. The average Bonchev–Trinajstić information content (AvgIpc) is 2.83. The number of aliphatic hydroxyl groups is 1. The van der Waals surface area contributed by atoms with Crippen molar-refractivity contribution in [1.82, 2.24) is 4.98 Å². The SMILES string of the molecule is CC1CCC(N(C)c2nc(C(C)(C)C)c(CO)s2)CC1. The minimum Gasteiger partial charge on any atom is -0.391 e. The molecule has 2 rings (SSSR count). The zero-order valence-electron chi connectivity index (χ0n) is 13.4. The predicted molar refractivity (Wildman–Crippen MR) is 86.6 cm³/mol. The zero-order valence-corrected chi connectivity index (χ0v) is 14.3. The molecule has 3 nitrogen and oxygen atoms in total. The molecule has 0 bridgehead atoms. The van der Waals surface area contributed by atoms with E-state index in [2.05, 4.69) is 39.6 Å². The number of hydrogen-bond donors (Lipinski definition) is 1. The quantitative estimate of drug-likeness (QED) is 0.917. The van der Waals surface area contributed by atoms with Crippen LogP contribution in [0.5, 0.6) is 0 Å². The molecule has 1 saturated carbocycles. The van der Waals surface area contributed by atoms with Crippen LogP contribution in [0, 0.1) is 5.92 Å². The zero-order chi connectivity index (χ0) is 14.9. The smallest absolute Gasteiger partial charge is 0.185 e. The molecular weight excluding hydrogens is 268 g/mol. The van der Waals surface area contributed by atoms with Crippen molar-refractivity contribution in [2.45, 2.75) is 71.4 Å². The van der Waals surface area contributed by atoms with Gasteiger partial charge < -0.3 is 10.0 Å². The van der Waals surface area contributed by atoms with Gasteiger partial charge in [-0.25, -0.2) is 4.98 Å². The molecule has 0 aromatic carbocycles. The second-order valence-corrected chi connectivity index (χ2v) is 8.26. The summed E-state index contributed by atoms with van der Waals surface area (Å²) in [5, 5.41) is 10.6. The minimum atomic E-state index is -0.00523. The number of rotatable bonds is 3. The van der Waals surface area contributed by atoms with E-state index in [1.165, 1.54) is 25.7 Å². The lowest BCUT2D eigenvalue weighted by Gasteiger charge is -2.33. The Hall–Kier alpha value is -0.610. The maximum Gasteiger partial charge on any atom is 0.185 e. The maximum absolute atomic E-state index is 9.57. The van der Waals surface area contributed by atoms with Gasteiger partial charge in [0.05, 0.1) is 17.2 Å². The largest absolute Gasteiger partial charge is 0.391 e. The molecule has 1 aliphatic rings. The molecule has 0 aliphatic heterocycles. The highest BCUT2D eigenvalue weighted by atomic mass is 32.1. The summed E-state index contributed by atoms with van der Waals surface area (Å²) >= 11 is 1.65. The summed E-state index contributed by atoms with van der Waals surface area (Å²) in [6.45, 7) is 8.93. The van der Waals surface area contributed by atoms with Gasteiger partial charge in [0.1, 0.15) is 0 Å². The third-order valence-corrected chi connectivity index (χ3v) is 5.51. The van der Waals surface area contributed by atoms with Gasteiger partial charge in [-0.2, -0.15) is 0 Å². The van der Waals surface area contributed by atoms with E-state index in [0.717, 1.165) is 21.6 Å². The standard InChI is InChI=1S/C16H28N2OS/c1-11-6-8-12(9-7-11)18(5)15-17-14(16(2,3)4)13(10-19)20-15/h11-12,19H,6-10H2,1-5H3. The van der Waals surface area contributed by atoms with Crippen LogP contribution in [0.15, 0.2) is 0 Å². The van der Waals surface area contributed by atoms with Gasteiger partial charge >= 0.3 is 0 Å². The third-order valence-electron chi connectivity index (χ3n) is 4.37. The molecule has 0 spiro atoms. The fraction of sp³-hybridized carbons (Fsp3) is 0.812. The number of anilines is 1. The first-order valence-corrected chi connectivity index (χ1v) is 8.48. The Morgan fingerprint density at radius 1 is 1.25 bits per heavy atom. The number of aromatic nitrogens is 1. The molecule has 0 amide bonds. The van der Waals surface area contributed by atoms with E-state index in [9.17, 15) is 5.11 Å². The normalized spacial score (nSPS) is 23.9. The summed E-state index contributed by atoms with van der Waals surface area (Å²) in [6.07, 6.45) is 5.16. The van der Waals surface area contributed by atoms with Crippen LogP contribution in [0.1, 0.15) is 63.9 Å². The van der Waals surface area contributed by atoms with Gasteiger partial charge in [0, 0.05) is 18.5 Å². The Morgan fingerprint density at radius 3 is 2.30 bits per heavy atom. The molecule has 0 radical (unpaired) electrons. The molecular formula is C16H28N2OS. The Labute approximate surface area is 127 Å². The first kappa shape index (κ1) is 15.8. The fourth-order valence-corrected chi connectivity index (χ4v) is 4.13. The maximum atomic E-state index is 9.57. The van der Waals surface area contributed by atoms with Gasteiger partial charge in [-0.3, -0.25) is 0 Å². The van der Waals surface area contributed by atoms with E-state index in [0.29, 0.717) is 6.04 Å². The van der Waals surface area contributed by atoms with Crippen LogP contribution in [0.3, 0.4) is 0 Å². The van der Waals surface area contributed by atoms with E-state index < -0.39 is 0 Å². The van der Waals surface area contributed by atoms with Crippen molar-refractivity contribution >= 4 is 16.5 Å². The first-order valence-electron chi connectivity index (χ1n) is 7.66. The molecule has 1 aromatic rings. The van der Waals surface area contributed by atoms with Crippen LogP contribution in [0.2, 0.25) is 0 Å². The topological polar surface area (TPSA) is 36.4 Å². The van der Waals surface area contributed by atoms with Crippen LogP contribution >= 0.6 is 11.3 Å². The number of aliphatic hydroxyl groups excluding tert-OH is 1. The fourth-order valence-electron chi connectivity index (χ4n) is 2.97. The molecule has 0 atom stereocenters. The Kier molecular flexibility index (Phi) is 4.75. The second-order valence-electron chi connectivity index (χ2n) is 7.20. The number of nitrogens with zero attached hydrogens (tertiary/aromatic N) is 2. The van der Waals surface area contributed by atoms with E-state index >= 15 is 0 Å². The molecule has 1 heterocycles. The lowest BCUT2D eigenvalue weighted by molar-refractivity contribution is 0.282. The number of hydrogen-bond acceptors (Lipinski definition) is 4. The van der Waals surface area contributed by atoms with Crippen LogP contribution in [0.4, 0.5) is 5.13 Å². The highest BCUT2D eigenvalue weighted by Crippen LogP contribution is 2.36. The Bertz CT molecular complexity index is 442.